The third-order valence-electron chi connectivity index (χ3n) is 7.97. The second-order valence-electron chi connectivity index (χ2n) is 10.2. The molecule has 1 N–H and O–H groups in total. The highest BCUT2D eigenvalue weighted by atomic mass is 16.7. The molecule has 3 aromatic rings. The van der Waals surface area contributed by atoms with Crippen LogP contribution in [0.1, 0.15) is 23.3 Å². The Labute approximate surface area is 236 Å². The molecule has 0 aliphatic carbocycles. The maximum atomic E-state index is 11.8. The number of ether oxygens (including phenoxy) is 10. The van der Waals surface area contributed by atoms with Crippen LogP contribution in [-0.2, 0) is 9.47 Å². The number of aliphatic hydroxyl groups is 1. The number of methoxy groups -OCH3 is 3. The van der Waals surface area contributed by atoms with Gasteiger partial charge < -0.3 is 52.5 Å². The normalized spacial score (nSPS) is 27.3. The quantitative estimate of drug-likeness (QED) is 0.451. The molecule has 4 aliphatic rings. The van der Waals surface area contributed by atoms with Crippen molar-refractivity contribution in [3.8, 4) is 46.0 Å². The van der Waals surface area contributed by atoms with Gasteiger partial charge in [-0.3, -0.25) is 0 Å². The van der Waals surface area contributed by atoms with Crippen molar-refractivity contribution in [1.82, 2.24) is 0 Å². The van der Waals surface area contributed by atoms with Crippen LogP contribution in [0.25, 0.3) is 0 Å². The molecule has 2 fully saturated rings. The molecule has 4 aliphatic heterocycles. The Morgan fingerprint density at radius 1 is 0.780 bits per heavy atom. The molecule has 0 radical (unpaired) electrons. The van der Waals surface area contributed by atoms with Gasteiger partial charge in [-0.05, 0) is 35.9 Å². The summed E-state index contributed by atoms with van der Waals surface area (Å²) in [6, 6.07) is 14.6. The molecule has 4 heterocycles. The van der Waals surface area contributed by atoms with Crippen LogP contribution in [0.5, 0.6) is 46.0 Å². The molecule has 0 saturated carbocycles. The number of para-hydroxylation sites is 1. The molecular formula is C30H30O11. The van der Waals surface area contributed by atoms with Crippen molar-refractivity contribution in [2.24, 2.45) is 5.92 Å². The fourth-order valence-electron chi connectivity index (χ4n) is 5.79. The zero-order valence-electron chi connectivity index (χ0n) is 22.8. The summed E-state index contributed by atoms with van der Waals surface area (Å²) in [7, 11) is 4.65. The van der Waals surface area contributed by atoms with E-state index < -0.39 is 23.9 Å². The number of hydrogen-bond donors (Lipinski definition) is 1. The van der Waals surface area contributed by atoms with Gasteiger partial charge in [0.05, 0.1) is 46.6 Å². The topological polar surface area (TPSA) is 113 Å². The highest BCUT2D eigenvalue weighted by Crippen LogP contribution is 2.53. The van der Waals surface area contributed by atoms with E-state index in [-0.39, 0.29) is 26.1 Å². The van der Waals surface area contributed by atoms with Crippen LogP contribution in [-0.4, -0.2) is 64.9 Å². The summed E-state index contributed by atoms with van der Waals surface area (Å²) in [5.41, 5.74) is 0.198. The monoisotopic (exact) mass is 566 g/mol. The predicted molar refractivity (Wildman–Crippen MR) is 141 cm³/mol. The smallest absolute Gasteiger partial charge is 0.232 e. The van der Waals surface area contributed by atoms with Crippen molar-refractivity contribution in [2.75, 3.05) is 47.9 Å². The largest absolute Gasteiger partial charge is 0.496 e. The van der Waals surface area contributed by atoms with Crippen LogP contribution >= 0.6 is 0 Å². The summed E-state index contributed by atoms with van der Waals surface area (Å²) in [5, 5.41) is 11.8. The van der Waals surface area contributed by atoms with Gasteiger partial charge >= 0.3 is 0 Å². The van der Waals surface area contributed by atoms with Crippen LogP contribution < -0.4 is 37.9 Å². The molecule has 0 unspecified atom stereocenters. The summed E-state index contributed by atoms with van der Waals surface area (Å²) in [6.07, 6.45) is -1.88. The first-order chi connectivity index (χ1) is 20.0. The maximum absolute atomic E-state index is 11.8. The van der Waals surface area contributed by atoms with Crippen LogP contribution in [0.2, 0.25) is 0 Å². The second kappa shape index (κ2) is 10.1. The average molecular weight is 567 g/mol. The summed E-state index contributed by atoms with van der Waals surface area (Å²) >= 11 is 0. The molecule has 7 rings (SSSR count). The third kappa shape index (κ3) is 4.23. The van der Waals surface area contributed by atoms with Gasteiger partial charge in [0.2, 0.25) is 18.8 Å². The van der Waals surface area contributed by atoms with E-state index in [1.807, 2.05) is 24.3 Å². The molecule has 0 amide bonds. The van der Waals surface area contributed by atoms with E-state index >= 15 is 0 Å². The molecule has 216 valence electrons. The van der Waals surface area contributed by atoms with E-state index in [9.17, 15) is 5.11 Å². The maximum Gasteiger partial charge on any atom is 0.232 e. The molecule has 11 heteroatoms. The first kappa shape index (κ1) is 25.9. The lowest BCUT2D eigenvalue weighted by atomic mass is 9.85. The second-order valence-corrected chi connectivity index (χ2v) is 10.2. The number of fused-ring (bicyclic) bond motifs is 3. The van der Waals surface area contributed by atoms with Gasteiger partial charge in [-0.1, -0.05) is 12.1 Å². The number of rotatable bonds is 7. The standard InChI is InChI=1S/C30H30O11/c1-32-20-5-4-6-21(33-2)28(20)41-29-30(31)14-37-27(18(30)12-36-29)17-10-24-25(11-22(17)34-3)40-26(13-35-24)16-7-8-19-23(9-16)39-15-38-19/h4-11,18,26-27,29,31H,12-15H2,1-3H3/t18-,26+,27-,29-,30-/m1/s1. The van der Waals surface area contributed by atoms with Gasteiger partial charge in [0.1, 0.15) is 12.4 Å². The van der Waals surface area contributed by atoms with E-state index in [1.165, 1.54) is 14.2 Å². The van der Waals surface area contributed by atoms with Crippen LogP contribution in [0.15, 0.2) is 48.5 Å². The Morgan fingerprint density at radius 3 is 2.32 bits per heavy atom. The molecule has 11 nitrogen and oxygen atoms in total. The number of benzene rings is 3. The summed E-state index contributed by atoms with van der Waals surface area (Å²) in [6.45, 7) is 0.702. The molecule has 0 bridgehead atoms. The lowest BCUT2D eigenvalue weighted by Gasteiger charge is -2.29. The fraction of sp³-hybridized carbons (Fsp3) is 0.400. The zero-order valence-corrected chi connectivity index (χ0v) is 22.8. The Kier molecular flexibility index (Phi) is 6.37. The predicted octanol–water partition coefficient (Wildman–Crippen LogP) is 3.81. The molecule has 0 aromatic heterocycles. The molecule has 3 aromatic carbocycles. The SMILES string of the molecule is COc1cc2c(cc1[C@H]1OC[C@]3(O)[C@@H](Oc4c(OC)cccc4OC)OC[C@H]13)OC[C@@H](c1ccc3c(c1)OCO3)O2. The van der Waals surface area contributed by atoms with E-state index in [1.54, 1.807) is 31.4 Å². The van der Waals surface area contributed by atoms with E-state index in [0.29, 0.717) is 52.6 Å². The van der Waals surface area contributed by atoms with Crippen molar-refractivity contribution < 1.29 is 52.5 Å². The number of hydrogen-bond acceptors (Lipinski definition) is 11. The molecule has 0 spiro atoms. The van der Waals surface area contributed by atoms with E-state index in [0.717, 1.165) is 11.1 Å². The van der Waals surface area contributed by atoms with Crippen LogP contribution in [0.4, 0.5) is 0 Å². The first-order valence-electron chi connectivity index (χ1n) is 13.3. The third-order valence-corrected chi connectivity index (χ3v) is 7.97. The highest BCUT2D eigenvalue weighted by Gasteiger charge is 2.61. The highest BCUT2D eigenvalue weighted by molar-refractivity contribution is 5.54. The Balaban J connectivity index is 1.13. The minimum atomic E-state index is -1.43. The van der Waals surface area contributed by atoms with Gasteiger partial charge in [-0.25, -0.2) is 0 Å². The first-order valence-corrected chi connectivity index (χ1v) is 13.3. The van der Waals surface area contributed by atoms with Crippen LogP contribution in [0, 0.1) is 5.92 Å². The van der Waals surface area contributed by atoms with Gasteiger partial charge in [-0.15, -0.1) is 0 Å². The lowest BCUT2D eigenvalue weighted by molar-refractivity contribution is -0.153. The van der Waals surface area contributed by atoms with Crippen LogP contribution in [0.3, 0.4) is 0 Å². The Bertz CT molecular complexity index is 1440. The molecule has 2 saturated heterocycles. The van der Waals surface area contributed by atoms with Crippen molar-refractivity contribution >= 4 is 0 Å². The zero-order chi connectivity index (χ0) is 28.1. The lowest BCUT2D eigenvalue weighted by Crippen LogP contribution is -2.47. The summed E-state index contributed by atoms with van der Waals surface area (Å²) < 4.78 is 58.3. The van der Waals surface area contributed by atoms with Gasteiger partial charge in [0.25, 0.3) is 0 Å². The molecule has 41 heavy (non-hydrogen) atoms. The van der Waals surface area contributed by atoms with Gasteiger partial charge in [0, 0.05) is 11.6 Å². The van der Waals surface area contributed by atoms with Crippen molar-refractivity contribution in [3.05, 3.63) is 59.7 Å². The average Bonchev–Trinajstić information content (AvgIpc) is 3.70. The Morgan fingerprint density at radius 2 is 1.54 bits per heavy atom. The Hall–Kier alpha value is -4.06. The molecule has 5 atom stereocenters. The summed E-state index contributed by atoms with van der Waals surface area (Å²) in [4.78, 5) is 0. The summed E-state index contributed by atoms with van der Waals surface area (Å²) in [5.74, 6) is 3.86. The minimum absolute atomic E-state index is 0.00571. The fourth-order valence-corrected chi connectivity index (χ4v) is 5.79. The van der Waals surface area contributed by atoms with Crippen molar-refractivity contribution in [2.45, 2.75) is 24.1 Å². The van der Waals surface area contributed by atoms with E-state index in [4.69, 9.17) is 47.4 Å². The van der Waals surface area contributed by atoms with Gasteiger partial charge in [0.15, 0.2) is 46.2 Å². The van der Waals surface area contributed by atoms with Gasteiger partial charge in [-0.2, -0.15) is 0 Å². The van der Waals surface area contributed by atoms with Crippen molar-refractivity contribution in [3.63, 3.8) is 0 Å². The minimum Gasteiger partial charge on any atom is -0.496 e. The van der Waals surface area contributed by atoms with Crippen molar-refractivity contribution in [1.29, 1.82) is 0 Å². The van der Waals surface area contributed by atoms with E-state index in [2.05, 4.69) is 0 Å². The molecular weight excluding hydrogens is 536 g/mol.